The molecule has 22 heavy (non-hydrogen) atoms. The van der Waals surface area contributed by atoms with Gasteiger partial charge in [-0.05, 0) is 36.4 Å². The maximum absolute atomic E-state index is 13.7. The fourth-order valence-corrected chi connectivity index (χ4v) is 1.73. The highest BCUT2D eigenvalue weighted by molar-refractivity contribution is 5.87. The molecule has 0 radical (unpaired) electrons. The van der Waals surface area contributed by atoms with Crippen LogP contribution in [-0.2, 0) is 0 Å². The Bertz CT molecular complexity index is 789. The third kappa shape index (κ3) is 3.38. The van der Waals surface area contributed by atoms with Gasteiger partial charge < -0.3 is 10.2 Å². The third-order valence-corrected chi connectivity index (χ3v) is 2.82. The fourth-order valence-electron chi connectivity index (χ4n) is 1.73. The van der Waals surface area contributed by atoms with Crippen molar-refractivity contribution in [2.75, 3.05) is 0 Å². The van der Waals surface area contributed by atoms with Gasteiger partial charge in [-0.3, -0.25) is 0 Å². The summed E-state index contributed by atoms with van der Waals surface area (Å²) in [6, 6.07) is 6.41. The standard InChI is InChI=1S/C16H9F3O3/c17-14-7-11(16(21)22)4-3-10(14)2-1-9-5-6-12(20)8-13(9)15(18)19/h3-8,15,20H,(H,21,22). The molecular formula is C16H9F3O3. The minimum Gasteiger partial charge on any atom is -0.508 e. The predicted octanol–water partition coefficient (Wildman–Crippen LogP) is 3.57. The number of aromatic hydroxyl groups is 1. The molecule has 0 aliphatic carbocycles. The van der Waals surface area contributed by atoms with Crippen molar-refractivity contribution in [1.82, 2.24) is 0 Å². The lowest BCUT2D eigenvalue weighted by molar-refractivity contribution is 0.0696. The first-order chi connectivity index (χ1) is 10.4. The molecule has 0 atom stereocenters. The number of alkyl halides is 2. The first-order valence-corrected chi connectivity index (χ1v) is 6.04. The maximum atomic E-state index is 13.7. The first-order valence-electron chi connectivity index (χ1n) is 6.04. The lowest BCUT2D eigenvalue weighted by Gasteiger charge is -2.03. The van der Waals surface area contributed by atoms with E-state index in [0.29, 0.717) is 0 Å². The van der Waals surface area contributed by atoms with Crippen LogP contribution in [-0.4, -0.2) is 16.2 Å². The Morgan fingerprint density at radius 1 is 1.05 bits per heavy atom. The largest absolute Gasteiger partial charge is 0.508 e. The van der Waals surface area contributed by atoms with Crippen LogP contribution >= 0.6 is 0 Å². The van der Waals surface area contributed by atoms with Crippen molar-refractivity contribution in [1.29, 1.82) is 0 Å². The van der Waals surface area contributed by atoms with Crippen LogP contribution in [0.5, 0.6) is 5.75 Å². The van der Waals surface area contributed by atoms with Gasteiger partial charge in [0.2, 0.25) is 0 Å². The first kappa shape index (κ1) is 15.4. The van der Waals surface area contributed by atoms with Gasteiger partial charge in [0.15, 0.2) is 0 Å². The summed E-state index contributed by atoms with van der Waals surface area (Å²) in [5, 5.41) is 17.9. The van der Waals surface area contributed by atoms with Gasteiger partial charge in [-0.15, -0.1) is 0 Å². The third-order valence-electron chi connectivity index (χ3n) is 2.82. The van der Waals surface area contributed by atoms with Gasteiger partial charge in [-0.2, -0.15) is 0 Å². The smallest absolute Gasteiger partial charge is 0.335 e. The number of rotatable bonds is 2. The van der Waals surface area contributed by atoms with Gasteiger partial charge in [0.1, 0.15) is 11.6 Å². The second-order valence-electron chi connectivity index (χ2n) is 4.32. The van der Waals surface area contributed by atoms with E-state index in [-0.39, 0.29) is 22.4 Å². The minimum atomic E-state index is -2.84. The Morgan fingerprint density at radius 3 is 2.27 bits per heavy atom. The van der Waals surface area contributed by atoms with E-state index in [1.54, 1.807) is 0 Å². The molecule has 0 amide bonds. The summed E-state index contributed by atoms with van der Waals surface area (Å²) in [4.78, 5) is 10.7. The number of benzene rings is 2. The normalized spacial score (nSPS) is 10.2. The summed E-state index contributed by atoms with van der Waals surface area (Å²) in [5.74, 6) is 2.32. The molecular weight excluding hydrogens is 297 g/mol. The molecule has 2 N–H and O–H groups in total. The lowest BCUT2D eigenvalue weighted by atomic mass is 10.1. The summed E-state index contributed by atoms with van der Waals surface area (Å²) in [6.45, 7) is 0. The summed E-state index contributed by atoms with van der Waals surface area (Å²) < 4.78 is 39.4. The number of carbonyl (C=O) groups is 1. The maximum Gasteiger partial charge on any atom is 0.335 e. The number of halogens is 3. The fraction of sp³-hybridized carbons (Fsp3) is 0.0625. The molecule has 2 rings (SSSR count). The van der Waals surface area contributed by atoms with Crippen LogP contribution in [0.25, 0.3) is 0 Å². The molecule has 2 aromatic carbocycles. The monoisotopic (exact) mass is 306 g/mol. The molecule has 0 unspecified atom stereocenters. The zero-order valence-corrected chi connectivity index (χ0v) is 11.0. The van der Waals surface area contributed by atoms with Crippen LogP contribution in [0, 0.1) is 17.7 Å². The molecule has 0 bridgehead atoms. The van der Waals surface area contributed by atoms with E-state index in [2.05, 4.69) is 11.8 Å². The molecule has 0 saturated heterocycles. The average Bonchev–Trinajstić information content (AvgIpc) is 2.46. The SMILES string of the molecule is O=C(O)c1ccc(C#Cc2ccc(O)cc2C(F)F)c(F)c1. The van der Waals surface area contributed by atoms with E-state index in [4.69, 9.17) is 5.11 Å². The summed E-state index contributed by atoms with van der Waals surface area (Å²) >= 11 is 0. The summed E-state index contributed by atoms with van der Waals surface area (Å²) in [5.41, 5.74) is -0.858. The highest BCUT2D eigenvalue weighted by atomic mass is 19.3. The van der Waals surface area contributed by atoms with Crippen molar-refractivity contribution in [3.63, 3.8) is 0 Å². The Hall–Kier alpha value is -2.94. The summed E-state index contributed by atoms with van der Waals surface area (Å²) in [6.07, 6.45) is -2.84. The van der Waals surface area contributed by atoms with E-state index in [1.165, 1.54) is 18.2 Å². The van der Waals surface area contributed by atoms with Gasteiger partial charge in [0.05, 0.1) is 11.1 Å². The highest BCUT2D eigenvalue weighted by Gasteiger charge is 2.12. The second-order valence-corrected chi connectivity index (χ2v) is 4.32. The van der Waals surface area contributed by atoms with Gasteiger partial charge in [-0.1, -0.05) is 11.8 Å². The zero-order chi connectivity index (χ0) is 16.3. The molecule has 0 heterocycles. The van der Waals surface area contributed by atoms with E-state index in [9.17, 15) is 23.1 Å². The highest BCUT2D eigenvalue weighted by Crippen LogP contribution is 2.26. The number of hydrogen-bond donors (Lipinski definition) is 2. The van der Waals surface area contributed by atoms with Gasteiger partial charge >= 0.3 is 5.97 Å². The number of hydrogen-bond acceptors (Lipinski definition) is 2. The number of phenols is 1. The number of carboxylic acid groups (broad SMARTS) is 1. The van der Waals surface area contributed by atoms with Crippen molar-refractivity contribution >= 4 is 5.97 Å². The average molecular weight is 306 g/mol. The quantitative estimate of drug-likeness (QED) is 0.834. The topological polar surface area (TPSA) is 57.5 Å². The molecule has 3 nitrogen and oxygen atoms in total. The number of aromatic carboxylic acids is 1. The molecule has 0 aromatic heterocycles. The molecule has 0 aliphatic heterocycles. The van der Waals surface area contributed by atoms with Crippen LogP contribution < -0.4 is 0 Å². The molecule has 2 aromatic rings. The molecule has 6 heteroatoms. The Kier molecular flexibility index (Phi) is 4.37. The molecule has 112 valence electrons. The Balaban J connectivity index is 2.41. The molecule has 0 aliphatic rings. The predicted molar refractivity (Wildman–Crippen MR) is 72.4 cm³/mol. The Morgan fingerprint density at radius 2 is 1.68 bits per heavy atom. The molecule has 0 spiro atoms. The molecule has 0 saturated carbocycles. The van der Waals surface area contributed by atoms with E-state index < -0.39 is 23.8 Å². The lowest BCUT2D eigenvalue weighted by Crippen LogP contribution is -1.97. The molecule has 0 fully saturated rings. The number of phenolic OH excluding ortho intramolecular Hbond substituents is 1. The van der Waals surface area contributed by atoms with Crippen LogP contribution in [0.3, 0.4) is 0 Å². The van der Waals surface area contributed by atoms with Crippen molar-refractivity contribution in [3.8, 4) is 17.6 Å². The minimum absolute atomic E-state index is 0.0467. The van der Waals surface area contributed by atoms with Crippen LogP contribution in [0.1, 0.15) is 33.5 Å². The van der Waals surface area contributed by atoms with Crippen LogP contribution in [0.2, 0.25) is 0 Å². The zero-order valence-electron chi connectivity index (χ0n) is 11.0. The van der Waals surface area contributed by atoms with Gasteiger partial charge in [-0.25, -0.2) is 18.0 Å². The number of carboxylic acids is 1. The van der Waals surface area contributed by atoms with E-state index >= 15 is 0 Å². The van der Waals surface area contributed by atoms with Crippen molar-refractivity contribution in [3.05, 3.63) is 64.5 Å². The van der Waals surface area contributed by atoms with E-state index in [0.717, 1.165) is 18.2 Å². The van der Waals surface area contributed by atoms with Crippen molar-refractivity contribution < 1.29 is 28.2 Å². The van der Waals surface area contributed by atoms with Crippen LogP contribution in [0.4, 0.5) is 13.2 Å². The Labute approximate surface area is 123 Å². The van der Waals surface area contributed by atoms with Gasteiger partial charge in [0, 0.05) is 11.1 Å². The summed E-state index contributed by atoms with van der Waals surface area (Å²) in [7, 11) is 0. The van der Waals surface area contributed by atoms with E-state index in [1.807, 2.05) is 0 Å². The second kappa shape index (κ2) is 6.22. The van der Waals surface area contributed by atoms with Crippen LogP contribution in [0.15, 0.2) is 36.4 Å². The van der Waals surface area contributed by atoms with Crippen molar-refractivity contribution in [2.24, 2.45) is 0 Å². The van der Waals surface area contributed by atoms with Crippen molar-refractivity contribution in [2.45, 2.75) is 6.43 Å². The van der Waals surface area contributed by atoms with Gasteiger partial charge in [0.25, 0.3) is 6.43 Å².